The monoisotopic (exact) mass is 401 g/mol. The number of H-pyrrole nitrogens is 1. The minimum absolute atomic E-state index is 0.175. The number of hydrogen-bond acceptors (Lipinski definition) is 4. The molecule has 0 saturated carbocycles. The van der Waals surface area contributed by atoms with Crippen molar-refractivity contribution in [1.82, 2.24) is 9.97 Å². The lowest BCUT2D eigenvalue weighted by molar-refractivity contribution is 0.102. The Labute approximate surface area is 152 Å². The molecule has 0 fully saturated rings. The maximum Gasteiger partial charge on any atom is 0.264 e. The van der Waals surface area contributed by atoms with Gasteiger partial charge in [0.15, 0.2) is 5.75 Å². The van der Waals surface area contributed by atoms with Gasteiger partial charge in [0.05, 0.1) is 17.6 Å². The Hall–Kier alpha value is -2.80. The van der Waals surface area contributed by atoms with Crippen LogP contribution < -0.4 is 5.32 Å². The van der Waals surface area contributed by atoms with E-state index in [-0.39, 0.29) is 17.2 Å². The van der Waals surface area contributed by atoms with Crippen LogP contribution in [0.25, 0.3) is 0 Å². The molecule has 0 spiro atoms. The molecule has 2 heterocycles. The van der Waals surface area contributed by atoms with E-state index in [0.29, 0.717) is 28.8 Å². The Morgan fingerprint density at radius 3 is 2.56 bits per heavy atom. The molecule has 25 heavy (non-hydrogen) atoms. The summed E-state index contributed by atoms with van der Waals surface area (Å²) < 4.78 is 0.640. The molecular formula is C18H16BrN3O3. The van der Waals surface area contributed by atoms with Gasteiger partial charge < -0.3 is 20.5 Å². The van der Waals surface area contributed by atoms with Crippen LogP contribution in [-0.4, -0.2) is 26.1 Å². The summed E-state index contributed by atoms with van der Waals surface area (Å²) in [6.07, 6.45) is 2.61. The summed E-state index contributed by atoms with van der Waals surface area (Å²) >= 11 is 3.21. The molecule has 0 unspecified atom stereocenters. The zero-order chi connectivity index (χ0) is 17.8. The maximum absolute atomic E-state index is 12.3. The Balaban J connectivity index is 1.74. The number of pyridine rings is 1. The van der Waals surface area contributed by atoms with Crippen molar-refractivity contribution in [2.75, 3.05) is 5.32 Å². The molecule has 3 rings (SSSR count). The van der Waals surface area contributed by atoms with Crippen molar-refractivity contribution in [3.05, 3.63) is 70.1 Å². The highest BCUT2D eigenvalue weighted by atomic mass is 79.9. The minimum atomic E-state index is -0.610. The van der Waals surface area contributed by atoms with Crippen LogP contribution in [0.15, 0.2) is 53.3 Å². The van der Waals surface area contributed by atoms with Crippen molar-refractivity contribution in [3.63, 3.8) is 0 Å². The Morgan fingerprint density at radius 2 is 1.88 bits per heavy atom. The lowest BCUT2D eigenvalue weighted by Gasteiger charge is -2.05. The summed E-state index contributed by atoms with van der Waals surface area (Å²) in [5.74, 6) is -1.21. The van der Waals surface area contributed by atoms with E-state index >= 15 is 0 Å². The number of benzene rings is 1. The zero-order valence-corrected chi connectivity index (χ0v) is 14.7. The number of aromatic amines is 1. The molecule has 0 atom stereocenters. The van der Waals surface area contributed by atoms with Crippen molar-refractivity contribution in [2.45, 2.75) is 12.8 Å². The number of halogens is 1. The normalized spacial score (nSPS) is 10.6. The first kappa shape index (κ1) is 17.0. The smallest absolute Gasteiger partial charge is 0.264 e. The van der Waals surface area contributed by atoms with E-state index in [9.17, 15) is 15.0 Å². The number of amides is 1. The maximum atomic E-state index is 12.3. The average molecular weight is 402 g/mol. The summed E-state index contributed by atoms with van der Waals surface area (Å²) in [4.78, 5) is 19.0. The highest BCUT2D eigenvalue weighted by Crippen LogP contribution is 2.32. The number of aromatic hydroxyl groups is 2. The third-order valence-corrected chi connectivity index (χ3v) is 4.22. The Morgan fingerprint density at radius 1 is 1.12 bits per heavy atom. The van der Waals surface area contributed by atoms with Crippen LogP contribution in [0.2, 0.25) is 0 Å². The topological polar surface area (TPSA) is 98.2 Å². The number of aromatic nitrogens is 2. The molecule has 1 amide bonds. The third kappa shape index (κ3) is 4.00. The van der Waals surface area contributed by atoms with Crippen LogP contribution in [0, 0.1) is 0 Å². The highest BCUT2D eigenvalue weighted by molar-refractivity contribution is 9.10. The van der Waals surface area contributed by atoms with Gasteiger partial charge >= 0.3 is 0 Å². The fourth-order valence-electron chi connectivity index (χ4n) is 2.48. The molecule has 1 aromatic carbocycles. The van der Waals surface area contributed by atoms with E-state index in [1.54, 1.807) is 12.1 Å². The average Bonchev–Trinajstić information content (AvgIpc) is 2.90. The number of hydrogen-bond donors (Lipinski definition) is 4. The molecule has 0 saturated heterocycles. The summed E-state index contributed by atoms with van der Waals surface area (Å²) in [5.41, 5.74) is 1.80. The molecular weight excluding hydrogens is 386 g/mol. The van der Waals surface area contributed by atoms with Crippen LogP contribution in [0.5, 0.6) is 11.6 Å². The second-order valence-corrected chi connectivity index (χ2v) is 6.30. The first-order valence-corrected chi connectivity index (χ1v) is 8.43. The number of carbonyl (C=O) groups is 1. The molecule has 7 heteroatoms. The van der Waals surface area contributed by atoms with Gasteiger partial charge in [0.2, 0.25) is 5.88 Å². The Kier molecular flexibility index (Phi) is 5.04. The second-order valence-electron chi connectivity index (χ2n) is 5.49. The van der Waals surface area contributed by atoms with Gasteiger partial charge in [-0.1, -0.05) is 30.3 Å². The number of anilines is 1. The van der Waals surface area contributed by atoms with Gasteiger partial charge in [-0.2, -0.15) is 0 Å². The second kappa shape index (κ2) is 7.40. The van der Waals surface area contributed by atoms with Gasteiger partial charge in [-0.05, 0) is 46.5 Å². The largest absolute Gasteiger partial charge is 0.505 e. The molecule has 0 radical (unpaired) electrons. The van der Waals surface area contributed by atoms with Crippen LogP contribution in [0.4, 0.5) is 5.69 Å². The van der Waals surface area contributed by atoms with E-state index < -0.39 is 5.91 Å². The first-order chi connectivity index (χ1) is 12.0. The van der Waals surface area contributed by atoms with Gasteiger partial charge in [-0.15, -0.1) is 0 Å². The fourth-order valence-corrected chi connectivity index (χ4v) is 2.72. The lowest BCUT2D eigenvalue weighted by Crippen LogP contribution is -2.11. The van der Waals surface area contributed by atoms with Crippen LogP contribution in [0.1, 0.15) is 21.6 Å². The molecule has 6 nitrogen and oxygen atoms in total. The summed E-state index contributed by atoms with van der Waals surface area (Å²) in [7, 11) is 0. The van der Waals surface area contributed by atoms with Gasteiger partial charge in [-0.3, -0.25) is 4.79 Å². The first-order valence-electron chi connectivity index (χ1n) is 7.64. The molecule has 128 valence electrons. The van der Waals surface area contributed by atoms with Gasteiger partial charge in [0, 0.05) is 0 Å². The molecule has 0 aliphatic heterocycles. The van der Waals surface area contributed by atoms with Crippen LogP contribution >= 0.6 is 15.9 Å². The van der Waals surface area contributed by atoms with Gasteiger partial charge in [0.1, 0.15) is 10.2 Å². The minimum Gasteiger partial charge on any atom is -0.505 e. The predicted octanol–water partition coefficient (Wildman–Crippen LogP) is 3.62. The van der Waals surface area contributed by atoms with Gasteiger partial charge in [-0.25, -0.2) is 4.98 Å². The molecule has 0 aliphatic rings. The fraction of sp³-hybridized carbons (Fsp3) is 0.111. The lowest BCUT2D eigenvalue weighted by atomic mass is 10.1. The molecule has 3 aromatic rings. The highest BCUT2D eigenvalue weighted by Gasteiger charge is 2.23. The Bertz CT molecular complexity index is 877. The van der Waals surface area contributed by atoms with Crippen molar-refractivity contribution in [2.24, 2.45) is 0 Å². The van der Waals surface area contributed by atoms with Crippen molar-refractivity contribution >= 4 is 27.5 Å². The molecule has 2 aromatic heterocycles. The third-order valence-electron chi connectivity index (χ3n) is 3.75. The van der Waals surface area contributed by atoms with E-state index in [1.807, 2.05) is 30.3 Å². The van der Waals surface area contributed by atoms with Gasteiger partial charge in [0.25, 0.3) is 5.91 Å². The molecule has 0 bridgehead atoms. The predicted molar refractivity (Wildman–Crippen MR) is 97.9 cm³/mol. The quantitative estimate of drug-likeness (QED) is 0.490. The van der Waals surface area contributed by atoms with Crippen molar-refractivity contribution in [3.8, 4) is 11.6 Å². The van der Waals surface area contributed by atoms with E-state index in [2.05, 4.69) is 31.2 Å². The number of carbonyl (C=O) groups excluding carboxylic acids is 1. The number of rotatable bonds is 5. The number of aryl methyl sites for hydroxylation is 2. The molecule has 0 aliphatic carbocycles. The van der Waals surface area contributed by atoms with Crippen LogP contribution in [0.3, 0.4) is 0 Å². The van der Waals surface area contributed by atoms with Crippen molar-refractivity contribution < 1.29 is 15.0 Å². The van der Waals surface area contributed by atoms with E-state index in [0.717, 1.165) is 5.56 Å². The SMILES string of the molecule is O=C(Nc1ccc(Br)nc1)c1c(O)[nH]c(CCc2ccccc2)c1O. The van der Waals surface area contributed by atoms with E-state index in [1.165, 1.54) is 6.20 Å². The molecule has 4 N–H and O–H groups in total. The summed E-state index contributed by atoms with van der Waals surface area (Å²) in [6.45, 7) is 0. The summed E-state index contributed by atoms with van der Waals surface area (Å²) in [5, 5.41) is 22.9. The van der Waals surface area contributed by atoms with Crippen molar-refractivity contribution in [1.29, 1.82) is 0 Å². The number of nitrogens with zero attached hydrogens (tertiary/aromatic N) is 1. The summed E-state index contributed by atoms with van der Waals surface area (Å²) in [6, 6.07) is 13.1. The van der Waals surface area contributed by atoms with E-state index in [4.69, 9.17) is 0 Å². The van der Waals surface area contributed by atoms with Crippen LogP contribution in [-0.2, 0) is 12.8 Å². The standard InChI is InChI=1S/C18H16BrN3O3/c19-14-9-7-12(10-20-14)21-17(24)15-16(23)13(22-18(15)25)8-6-11-4-2-1-3-5-11/h1-5,7,9-10,22-23,25H,6,8H2,(H,21,24). The number of nitrogens with one attached hydrogen (secondary N) is 2. The zero-order valence-electron chi connectivity index (χ0n) is 13.2.